The van der Waals surface area contributed by atoms with Gasteiger partial charge in [-0.3, -0.25) is 14.4 Å². The zero-order valence-electron chi connectivity index (χ0n) is 25.3. The Balaban J connectivity index is 1.36. The molecule has 0 spiro atoms. The smallest absolute Gasteiger partial charge is 0.227 e. The molecule has 3 rings (SSSR count). The summed E-state index contributed by atoms with van der Waals surface area (Å²) in [6.07, 6.45) is 0.270. The largest absolute Gasteiger partial charge is 0.396 e. The highest BCUT2D eigenvalue weighted by Gasteiger charge is 2.27. The molecule has 0 radical (unpaired) electrons. The van der Waals surface area contributed by atoms with Crippen molar-refractivity contribution in [2.45, 2.75) is 25.8 Å². The molecule has 44 heavy (non-hydrogen) atoms. The van der Waals surface area contributed by atoms with Crippen LogP contribution in [0.1, 0.15) is 36.0 Å². The third-order valence-electron chi connectivity index (χ3n) is 6.74. The van der Waals surface area contributed by atoms with E-state index in [1.165, 1.54) is 5.01 Å². The Morgan fingerprint density at radius 2 is 1.36 bits per heavy atom. The zero-order valence-corrected chi connectivity index (χ0v) is 25.3. The summed E-state index contributed by atoms with van der Waals surface area (Å²) in [5.41, 5.74) is 15.9. The molecule has 13 heteroatoms. The fraction of sp³-hybridized carbons (Fsp3) is 0.452. The second-order valence-corrected chi connectivity index (χ2v) is 10.0. The second-order valence-electron chi connectivity index (χ2n) is 10.0. The molecule has 0 fully saturated rings. The molecule has 0 atom stereocenters. The van der Waals surface area contributed by atoms with E-state index in [0.717, 1.165) is 11.1 Å². The van der Waals surface area contributed by atoms with Crippen LogP contribution in [0.3, 0.4) is 0 Å². The average Bonchev–Trinajstić information content (AvgIpc) is 3.00. The number of benzene rings is 2. The molecule has 7 N–H and O–H groups in total. The zero-order chi connectivity index (χ0) is 31.7. The van der Waals surface area contributed by atoms with Crippen molar-refractivity contribution >= 4 is 34.8 Å². The number of primary amides is 1. The highest BCUT2D eigenvalue weighted by atomic mass is 16.6. The number of ether oxygens (including phenoxy) is 4. The van der Waals surface area contributed by atoms with E-state index in [9.17, 15) is 14.4 Å². The normalized spacial score (nSPS) is 14.3. The SMILES string of the molecule is CN(N)/C1=C(\N)c2ccccc2N(C(=O)CCC(=O)NCCOCCOCCOCCOCCC(N)=O)Cc2ccccc21. The summed E-state index contributed by atoms with van der Waals surface area (Å²) >= 11 is 0. The van der Waals surface area contributed by atoms with Gasteiger partial charge in [-0.25, -0.2) is 5.84 Å². The number of nitrogens with two attached hydrogens (primary N) is 3. The van der Waals surface area contributed by atoms with Crippen molar-refractivity contribution in [1.82, 2.24) is 10.3 Å². The standard InChI is InChI=1S/C31H44N6O7/c1-36(34)31-24-7-3-2-6-23(24)22-37(26-9-5-4-8-25(26)30(31)33)29(40)11-10-28(39)35-13-15-42-17-19-44-21-20-43-18-16-41-14-12-27(32)38/h2-9H,10-22,33-34H2,1H3,(H2,32,38)(H,35,39)/b31-30-. The minimum absolute atomic E-state index is 0.0336. The van der Waals surface area contributed by atoms with Gasteiger partial charge in [-0.05, 0) is 11.6 Å². The summed E-state index contributed by atoms with van der Waals surface area (Å²) in [7, 11) is 1.74. The molecule has 2 aromatic rings. The van der Waals surface area contributed by atoms with E-state index in [1.807, 2.05) is 48.5 Å². The Kier molecular flexibility index (Phi) is 14.6. The van der Waals surface area contributed by atoms with E-state index in [2.05, 4.69) is 5.32 Å². The maximum Gasteiger partial charge on any atom is 0.227 e. The number of nitrogens with one attached hydrogen (secondary N) is 1. The molecular weight excluding hydrogens is 568 g/mol. The van der Waals surface area contributed by atoms with Gasteiger partial charge in [-0.15, -0.1) is 0 Å². The molecule has 2 aromatic carbocycles. The number of para-hydroxylation sites is 1. The lowest BCUT2D eigenvalue weighted by Crippen LogP contribution is -2.36. The monoisotopic (exact) mass is 612 g/mol. The summed E-state index contributed by atoms with van der Waals surface area (Å²) in [5.74, 6) is 5.36. The number of hydrazine groups is 1. The van der Waals surface area contributed by atoms with Gasteiger partial charge < -0.3 is 45.6 Å². The molecule has 0 unspecified atom stereocenters. The number of amides is 3. The first-order valence-corrected chi connectivity index (χ1v) is 14.6. The first-order chi connectivity index (χ1) is 21.3. The number of anilines is 1. The van der Waals surface area contributed by atoms with Crippen molar-refractivity contribution in [1.29, 1.82) is 0 Å². The predicted octanol–water partition coefficient (Wildman–Crippen LogP) is 0.961. The van der Waals surface area contributed by atoms with Crippen molar-refractivity contribution in [2.75, 3.05) is 71.3 Å². The summed E-state index contributed by atoms with van der Waals surface area (Å²) < 4.78 is 21.5. The maximum absolute atomic E-state index is 13.5. The molecule has 3 amide bonds. The van der Waals surface area contributed by atoms with Gasteiger partial charge in [0.05, 0.1) is 76.5 Å². The summed E-state index contributed by atoms with van der Waals surface area (Å²) in [4.78, 5) is 38.2. The van der Waals surface area contributed by atoms with Gasteiger partial charge in [0.15, 0.2) is 0 Å². The molecule has 0 saturated heterocycles. The topological polar surface area (TPSA) is 185 Å². The molecule has 0 aliphatic carbocycles. The van der Waals surface area contributed by atoms with Gasteiger partial charge in [0, 0.05) is 44.0 Å². The van der Waals surface area contributed by atoms with E-state index < -0.39 is 5.91 Å². The fourth-order valence-electron chi connectivity index (χ4n) is 4.60. The Morgan fingerprint density at radius 1 is 0.795 bits per heavy atom. The van der Waals surface area contributed by atoms with Crippen molar-refractivity contribution < 1.29 is 33.3 Å². The summed E-state index contributed by atoms with van der Waals surface area (Å²) in [6, 6.07) is 15.1. The van der Waals surface area contributed by atoms with Gasteiger partial charge in [0.2, 0.25) is 17.7 Å². The van der Waals surface area contributed by atoms with Gasteiger partial charge in [-0.1, -0.05) is 42.5 Å². The molecular formula is C31H44N6O7. The van der Waals surface area contributed by atoms with E-state index in [-0.39, 0.29) is 37.7 Å². The van der Waals surface area contributed by atoms with Crippen molar-refractivity contribution in [2.24, 2.45) is 17.3 Å². The van der Waals surface area contributed by atoms with Gasteiger partial charge in [0.25, 0.3) is 0 Å². The number of hydrogen-bond acceptors (Lipinski definition) is 10. The summed E-state index contributed by atoms with van der Waals surface area (Å²) in [5, 5.41) is 4.29. The van der Waals surface area contributed by atoms with Crippen LogP contribution in [0, 0.1) is 0 Å². The van der Waals surface area contributed by atoms with Crippen LogP contribution < -0.4 is 27.5 Å². The van der Waals surface area contributed by atoms with E-state index >= 15 is 0 Å². The molecule has 1 aliphatic heterocycles. The third kappa shape index (κ3) is 10.9. The predicted molar refractivity (Wildman–Crippen MR) is 166 cm³/mol. The number of hydrogen-bond donors (Lipinski definition) is 4. The third-order valence-corrected chi connectivity index (χ3v) is 6.74. The average molecular weight is 613 g/mol. The van der Waals surface area contributed by atoms with Crippen LogP contribution >= 0.6 is 0 Å². The molecule has 1 heterocycles. The van der Waals surface area contributed by atoms with Crippen molar-refractivity contribution in [3.63, 3.8) is 0 Å². The minimum Gasteiger partial charge on any atom is -0.396 e. The quantitative estimate of drug-likeness (QED) is 0.101. The van der Waals surface area contributed by atoms with Crippen LogP contribution in [0.5, 0.6) is 0 Å². The van der Waals surface area contributed by atoms with Crippen LogP contribution in [-0.2, 0) is 39.9 Å². The number of nitrogens with zero attached hydrogens (tertiary/aromatic N) is 2. The highest BCUT2D eigenvalue weighted by Crippen LogP contribution is 2.36. The number of fused-ring (bicyclic) bond motifs is 2. The number of rotatable bonds is 19. The maximum atomic E-state index is 13.5. The molecule has 0 saturated carbocycles. The molecule has 1 aliphatic rings. The van der Waals surface area contributed by atoms with Crippen LogP contribution in [0.25, 0.3) is 11.4 Å². The lowest BCUT2D eigenvalue weighted by Gasteiger charge is -2.31. The fourth-order valence-corrected chi connectivity index (χ4v) is 4.60. The van der Waals surface area contributed by atoms with Crippen LogP contribution in [-0.4, -0.2) is 89.2 Å². The molecule has 0 aromatic heterocycles. The first-order valence-electron chi connectivity index (χ1n) is 14.6. The van der Waals surface area contributed by atoms with Crippen LogP contribution in [0.4, 0.5) is 5.69 Å². The Hall–Kier alpha value is -4.01. The van der Waals surface area contributed by atoms with E-state index in [0.29, 0.717) is 82.0 Å². The van der Waals surface area contributed by atoms with Crippen LogP contribution in [0.2, 0.25) is 0 Å². The van der Waals surface area contributed by atoms with Gasteiger partial charge in [-0.2, -0.15) is 0 Å². The Morgan fingerprint density at radius 3 is 2.00 bits per heavy atom. The van der Waals surface area contributed by atoms with Crippen LogP contribution in [0.15, 0.2) is 48.5 Å². The van der Waals surface area contributed by atoms with Crippen molar-refractivity contribution in [3.8, 4) is 0 Å². The van der Waals surface area contributed by atoms with Crippen molar-refractivity contribution in [3.05, 3.63) is 65.2 Å². The number of carbonyl (C=O) groups is 3. The lowest BCUT2D eigenvalue weighted by molar-refractivity contribution is -0.125. The lowest BCUT2D eigenvalue weighted by atomic mass is 9.95. The van der Waals surface area contributed by atoms with Gasteiger partial charge in [0.1, 0.15) is 0 Å². The first kappa shape index (κ1) is 34.5. The second kappa shape index (κ2) is 18.6. The van der Waals surface area contributed by atoms with Gasteiger partial charge >= 0.3 is 0 Å². The summed E-state index contributed by atoms with van der Waals surface area (Å²) in [6.45, 7) is 3.63. The minimum atomic E-state index is -0.394. The Labute approximate surface area is 258 Å². The van der Waals surface area contributed by atoms with E-state index in [4.69, 9.17) is 36.3 Å². The number of carbonyl (C=O) groups excluding carboxylic acids is 3. The van der Waals surface area contributed by atoms with E-state index in [1.54, 1.807) is 11.9 Å². The highest BCUT2D eigenvalue weighted by molar-refractivity contribution is 6.01. The molecule has 0 bridgehead atoms. The Bertz CT molecular complexity index is 1270. The molecule has 13 nitrogen and oxygen atoms in total. The molecule has 240 valence electrons.